The first-order chi connectivity index (χ1) is 14.4. The molecule has 0 radical (unpaired) electrons. The quantitative estimate of drug-likeness (QED) is 0.548. The number of rotatable bonds is 8. The van der Waals surface area contributed by atoms with Gasteiger partial charge in [-0.1, -0.05) is 36.9 Å². The number of hydrogen-bond acceptors (Lipinski definition) is 7. The fraction of sp³-hybridized carbons (Fsp3) is 0.450. The number of nitrogens with one attached hydrogen (secondary N) is 3. The molecule has 1 saturated heterocycles. The van der Waals surface area contributed by atoms with E-state index in [1.54, 1.807) is 6.92 Å². The molecule has 2 heterocycles. The van der Waals surface area contributed by atoms with Crippen LogP contribution in [-0.2, 0) is 22.4 Å². The Hall–Kier alpha value is -2.88. The number of aromatic nitrogens is 2. The number of carbonyl (C=O) groups is 3. The van der Waals surface area contributed by atoms with Crippen molar-refractivity contribution < 1.29 is 18.8 Å². The molecule has 30 heavy (non-hydrogen) atoms. The highest BCUT2D eigenvalue weighted by atomic mass is 32.2. The number of amides is 4. The van der Waals surface area contributed by atoms with Crippen LogP contribution in [0.25, 0.3) is 0 Å². The average molecular weight is 432 g/mol. The maximum absolute atomic E-state index is 12.3. The molecular formula is C20H25N5O4S. The molecule has 0 aliphatic carbocycles. The molecule has 4 amide bonds. The van der Waals surface area contributed by atoms with Gasteiger partial charge in [0.2, 0.25) is 17.7 Å². The van der Waals surface area contributed by atoms with Gasteiger partial charge in [0.25, 0.3) is 5.22 Å². The molecule has 1 fully saturated rings. The Morgan fingerprint density at radius 1 is 1.30 bits per heavy atom. The number of urea groups is 1. The number of hydrogen-bond donors (Lipinski definition) is 3. The van der Waals surface area contributed by atoms with E-state index in [4.69, 9.17) is 4.42 Å². The van der Waals surface area contributed by atoms with Crippen LogP contribution in [0.3, 0.4) is 0 Å². The second-order valence-electron chi connectivity index (χ2n) is 7.16. The van der Waals surface area contributed by atoms with Gasteiger partial charge in [0, 0.05) is 18.2 Å². The fourth-order valence-electron chi connectivity index (χ4n) is 3.34. The molecule has 0 spiro atoms. The summed E-state index contributed by atoms with van der Waals surface area (Å²) < 4.78 is 5.58. The largest absolute Gasteiger partial charge is 0.416 e. The third-order valence-corrected chi connectivity index (χ3v) is 5.80. The lowest BCUT2D eigenvalue weighted by atomic mass is 9.93. The van der Waals surface area contributed by atoms with Crippen molar-refractivity contribution in [1.29, 1.82) is 0 Å². The van der Waals surface area contributed by atoms with Gasteiger partial charge in [0.1, 0.15) is 0 Å². The number of nitrogens with zero attached hydrogens (tertiary/aromatic N) is 2. The Morgan fingerprint density at radius 2 is 2.10 bits per heavy atom. The first-order valence-electron chi connectivity index (χ1n) is 9.82. The molecule has 3 N–H and O–H groups in total. The van der Waals surface area contributed by atoms with Gasteiger partial charge in [-0.3, -0.25) is 14.9 Å². The van der Waals surface area contributed by atoms with Crippen molar-refractivity contribution in [3.8, 4) is 0 Å². The summed E-state index contributed by atoms with van der Waals surface area (Å²) >= 11 is 1.16. The highest BCUT2D eigenvalue weighted by Crippen LogP contribution is 2.23. The second-order valence-corrected chi connectivity index (χ2v) is 8.08. The fourth-order valence-corrected chi connectivity index (χ4v) is 3.92. The van der Waals surface area contributed by atoms with E-state index in [-0.39, 0.29) is 29.5 Å². The Kier molecular flexibility index (Phi) is 7.09. The molecule has 2 aromatic rings. The number of imide groups is 1. The van der Waals surface area contributed by atoms with Crippen LogP contribution in [0.1, 0.15) is 37.3 Å². The van der Waals surface area contributed by atoms with Gasteiger partial charge in [-0.15, -0.1) is 10.2 Å². The summed E-state index contributed by atoms with van der Waals surface area (Å²) in [5.74, 6) is -0.278. The highest BCUT2D eigenvalue weighted by Gasteiger charge is 2.32. The number of para-hydroxylation sites is 1. The van der Waals surface area contributed by atoms with Crippen molar-refractivity contribution in [1.82, 2.24) is 20.8 Å². The molecule has 1 aromatic heterocycles. The van der Waals surface area contributed by atoms with Gasteiger partial charge in [-0.2, -0.15) is 0 Å². The summed E-state index contributed by atoms with van der Waals surface area (Å²) in [6.45, 7) is 5.79. The molecule has 3 rings (SSSR count). The minimum Gasteiger partial charge on any atom is -0.416 e. The van der Waals surface area contributed by atoms with Crippen molar-refractivity contribution in [2.45, 2.75) is 51.3 Å². The molecule has 160 valence electrons. The normalized spacial score (nSPS) is 18.6. The molecule has 1 aliphatic rings. The van der Waals surface area contributed by atoms with Crippen molar-refractivity contribution in [3.63, 3.8) is 0 Å². The van der Waals surface area contributed by atoms with Crippen LogP contribution in [0.5, 0.6) is 0 Å². The van der Waals surface area contributed by atoms with Gasteiger partial charge in [-0.25, -0.2) is 4.79 Å². The lowest BCUT2D eigenvalue weighted by Crippen LogP contribution is -2.57. The van der Waals surface area contributed by atoms with Crippen molar-refractivity contribution >= 4 is 35.3 Å². The SMILES string of the molecule is CCc1cccc(C)c1NC(=O)CSc1nnc(CCC2C(=O)NC(=O)NC2C)o1. The average Bonchev–Trinajstić information content (AvgIpc) is 3.15. The Labute approximate surface area is 178 Å². The summed E-state index contributed by atoms with van der Waals surface area (Å²) in [6, 6.07) is 5.20. The third kappa shape index (κ3) is 5.38. The number of carbonyl (C=O) groups excluding carboxylic acids is 3. The number of anilines is 1. The number of benzene rings is 1. The first kappa shape index (κ1) is 21.8. The van der Waals surface area contributed by atoms with Gasteiger partial charge in [0.15, 0.2) is 0 Å². The molecule has 1 aliphatic heterocycles. The van der Waals surface area contributed by atoms with Crippen LogP contribution >= 0.6 is 11.8 Å². The Morgan fingerprint density at radius 3 is 2.83 bits per heavy atom. The summed E-state index contributed by atoms with van der Waals surface area (Å²) in [7, 11) is 0. The Bertz CT molecular complexity index is 945. The zero-order valence-corrected chi connectivity index (χ0v) is 18.0. The van der Waals surface area contributed by atoms with Crippen molar-refractivity contribution in [3.05, 3.63) is 35.2 Å². The van der Waals surface area contributed by atoms with E-state index in [0.717, 1.165) is 35.0 Å². The van der Waals surface area contributed by atoms with Gasteiger partial charge < -0.3 is 15.1 Å². The lowest BCUT2D eigenvalue weighted by Gasteiger charge is -2.28. The van der Waals surface area contributed by atoms with Crippen LogP contribution in [-0.4, -0.2) is 39.8 Å². The van der Waals surface area contributed by atoms with Gasteiger partial charge >= 0.3 is 6.03 Å². The highest BCUT2D eigenvalue weighted by molar-refractivity contribution is 7.99. The predicted octanol–water partition coefficient (Wildman–Crippen LogP) is 2.45. The van der Waals surface area contributed by atoms with Crippen LogP contribution in [0.4, 0.5) is 10.5 Å². The molecule has 0 saturated carbocycles. The van der Waals surface area contributed by atoms with Crippen molar-refractivity contribution in [2.24, 2.45) is 5.92 Å². The van der Waals surface area contributed by atoms with E-state index in [9.17, 15) is 14.4 Å². The molecule has 2 atom stereocenters. The summed E-state index contributed by atoms with van der Waals surface area (Å²) in [6.07, 6.45) is 1.70. The summed E-state index contributed by atoms with van der Waals surface area (Å²) in [5, 5.41) is 16.1. The minimum atomic E-state index is -0.477. The maximum atomic E-state index is 12.3. The van der Waals surface area contributed by atoms with Crippen LogP contribution in [0.2, 0.25) is 0 Å². The number of aryl methyl sites for hydroxylation is 3. The maximum Gasteiger partial charge on any atom is 0.321 e. The number of thioether (sulfide) groups is 1. The third-order valence-electron chi connectivity index (χ3n) is 4.98. The standard InChI is InChI=1S/C20H25N5O4S/c1-4-13-7-5-6-11(2)17(13)22-15(26)10-30-20-25-24-16(29-20)9-8-14-12(3)21-19(28)23-18(14)27/h5-7,12,14H,4,8-10H2,1-3H3,(H,22,26)(H2,21,23,27,28). The van der Waals surface area contributed by atoms with Crippen LogP contribution in [0.15, 0.2) is 27.8 Å². The molecular weight excluding hydrogens is 406 g/mol. The van der Waals surface area contributed by atoms with Crippen LogP contribution < -0.4 is 16.0 Å². The van der Waals surface area contributed by atoms with E-state index in [1.165, 1.54) is 0 Å². The van der Waals surface area contributed by atoms with E-state index < -0.39 is 6.03 Å². The molecule has 0 bridgehead atoms. The lowest BCUT2D eigenvalue weighted by molar-refractivity contribution is -0.125. The second kappa shape index (κ2) is 9.75. The molecule has 2 unspecified atom stereocenters. The molecule has 9 nitrogen and oxygen atoms in total. The molecule has 1 aromatic carbocycles. The topological polar surface area (TPSA) is 126 Å². The van der Waals surface area contributed by atoms with Crippen molar-refractivity contribution in [2.75, 3.05) is 11.1 Å². The minimum absolute atomic E-state index is 0.146. The Balaban J connectivity index is 1.49. The van der Waals surface area contributed by atoms with E-state index in [2.05, 4.69) is 26.1 Å². The zero-order chi connectivity index (χ0) is 21.7. The van der Waals surface area contributed by atoms with E-state index in [0.29, 0.717) is 24.0 Å². The zero-order valence-electron chi connectivity index (χ0n) is 17.2. The first-order valence-corrected chi connectivity index (χ1v) is 10.8. The van der Waals surface area contributed by atoms with Gasteiger partial charge in [-0.05, 0) is 37.8 Å². The molecule has 10 heteroatoms. The monoisotopic (exact) mass is 431 g/mol. The van der Waals surface area contributed by atoms with E-state index in [1.807, 2.05) is 32.0 Å². The van der Waals surface area contributed by atoms with E-state index >= 15 is 0 Å². The van der Waals surface area contributed by atoms with Crippen LogP contribution in [0, 0.1) is 12.8 Å². The van der Waals surface area contributed by atoms with Gasteiger partial charge in [0.05, 0.1) is 11.7 Å². The predicted molar refractivity (Wildman–Crippen MR) is 112 cm³/mol. The summed E-state index contributed by atoms with van der Waals surface area (Å²) in [5.41, 5.74) is 2.96. The smallest absolute Gasteiger partial charge is 0.321 e. The summed E-state index contributed by atoms with van der Waals surface area (Å²) in [4.78, 5) is 35.6.